The second-order valence-electron chi connectivity index (χ2n) is 0. The summed E-state index contributed by atoms with van der Waals surface area (Å²) in [7, 11) is 0. The van der Waals surface area contributed by atoms with Gasteiger partial charge in [0.1, 0.15) is 0 Å². The minimum absolute atomic E-state index is 0. The predicted octanol–water partition coefficient (Wildman–Crippen LogP) is -3.30. The van der Waals surface area contributed by atoms with E-state index in [9.17, 15) is 0 Å². The first-order valence-electron chi connectivity index (χ1n) is 0. The van der Waals surface area contributed by atoms with Gasteiger partial charge in [-0.05, 0) is 0 Å². The summed E-state index contributed by atoms with van der Waals surface area (Å²) in [5.74, 6) is 0. The van der Waals surface area contributed by atoms with Crippen LogP contribution in [0.2, 0.25) is 0 Å². The minimum Gasteiger partial charge on any atom is -0.412 e. The van der Waals surface area contributed by atoms with Crippen molar-refractivity contribution in [1.29, 1.82) is 0 Å². The normalized spacial score (nSPS) is 0. The van der Waals surface area contributed by atoms with Gasteiger partial charge in [-0.25, -0.2) is 0 Å². The van der Waals surface area contributed by atoms with Crippen LogP contribution < -0.4 is 0 Å². The molecule has 0 rings (SSSR count). The topological polar surface area (TPSA) is 126 Å². The molecule has 0 aromatic rings. The summed E-state index contributed by atoms with van der Waals surface area (Å²) in [6.07, 6.45) is 0. The monoisotopic (exact) mass is 127 g/mol. The second kappa shape index (κ2) is 381. The summed E-state index contributed by atoms with van der Waals surface area (Å²) in [4.78, 5) is 0. The largest absolute Gasteiger partial charge is 2.00 e. The maximum atomic E-state index is 0. The molecule has 1 radical (unpaired) electrons. The van der Waals surface area contributed by atoms with E-state index in [1.54, 1.807) is 0 Å². The average Bonchev–Trinajstić information content (AvgIpc) is 0. The van der Waals surface area contributed by atoms with Crippen molar-refractivity contribution in [1.82, 2.24) is 0 Å². The molecule has 0 aliphatic heterocycles. The molecule has 0 amide bonds. The van der Waals surface area contributed by atoms with Crippen LogP contribution in [0.15, 0.2) is 0 Å². The summed E-state index contributed by atoms with van der Waals surface area (Å²) in [5, 5.41) is 0. The van der Waals surface area contributed by atoms with Gasteiger partial charge in [-0.3, -0.25) is 0 Å². The van der Waals surface area contributed by atoms with Gasteiger partial charge in [-0.2, -0.15) is 0 Å². The van der Waals surface area contributed by atoms with Crippen molar-refractivity contribution in [2.75, 3.05) is 0 Å². The molecule has 0 bridgehead atoms. The van der Waals surface area contributed by atoms with E-state index in [0.717, 1.165) is 0 Å². The molecule has 0 saturated heterocycles. The van der Waals surface area contributed by atoms with Gasteiger partial charge in [-0.15, -0.1) is 0 Å². The van der Waals surface area contributed by atoms with Gasteiger partial charge in [0.15, 0.2) is 0 Å². The van der Waals surface area contributed by atoms with Gasteiger partial charge in [0.2, 0.25) is 0 Å². The molecule has 0 heterocycles. The van der Waals surface area contributed by atoms with E-state index < -0.39 is 0 Å². The van der Waals surface area contributed by atoms with Crippen LogP contribution >= 0.6 is 0 Å². The Labute approximate surface area is 39.9 Å². The third-order valence-corrected chi connectivity index (χ3v) is 0. The summed E-state index contributed by atoms with van der Waals surface area (Å²) in [6, 6.07) is 0. The van der Waals surface area contributed by atoms with Crippen molar-refractivity contribution in [3.63, 3.8) is 0 Å². The molecule has 0 unspecified atom stereocenters. The van der Waals surface area contributed by atoms with Crippen LogP contribution in [0.1, 0.15) is 0 Å². The van der Waals surface area contributed by atoms with Crippen LogP contribution in [0.3, 0.4) is 0 Å². The standard InChI is InChI=1S/Mn.4H2O/h;4*1H2/q+2;;;;. The van der Waals surface area contributed by atoms with Crippen molar-refractivity contribution in [3.05, 3.63) is 0 Å². The Bertz CT molecular complexity index is 3.61. The van der Waals surface area contributed by atoms with Gasteiger partial charge in [-0.1, -0.05) is 0 Å². The molecule has 0 spiro atoms. The maximum absolute atomic E-state index is 0. The molecule has 0 aromatic carbocycles. The van der Waals surface area contributed by atoms with Crippen molar-refractivity contribution >= 4 is 0 Å². The Morgan fingerprint density at radius 3 is 0.400 bits per heavy atom. The zero-order valence-electron chi connectivity index (χ0n) is 2.38. The average molecular weight is 127 g/mol. The van der Waals surface area contributed by atoms with Crippen LogP contribution in [0, 0.1) is 0 Å². The smallest absolute Gasteiger partial charge is 0.412 e. The summed E-state index contributed by atoms with van der Waals surface area (Å²) in [6.45, 7) is 0. The SMILES string of the molecule is O.O.O.O.[Mn+2]. The number of rotatable bonds is 0. The maximum Gasteiger partial charge on any atom is 2.00 e. The Hall–Kier alpha value is 0.359. The molecule has 0 saturated carbocycles. The van der Waals surface area contributed by atoms with Gasteiger partial charge in [0.25, 0.3) is 0 Å². The third kappa shape index (κ3) is 188. The van der Waals surface area contributed by atoms with Crippen molar-refractivity contribution in [2.24, 2.45) is 0 Å². The second-order valence-corrected chi connectivity index (χ2v) is 0. The molecule has 5 heteroatoms. The molecule has 0 fully saturated rings. The van der Waals surface area contributed by atoms with Crippen LogP contribution in [-0.4, -0.2) is 21.9 Å². The van der Waals surface area contributed by atoms with E-state index in [-0.39, 0.29) is 39.0 Å². The Kier molecular flexibility index (Phi) is 60000. The van der Waals surface area contributed by atoms with Gasteiger partial charge in [0.05, 0.1) is 0 Å². The van der Waals surface area contributed by atoms with E-state index in [0.29, 0.717) is 0 Å². The molecule has 37 valence electrons. The van der Waals surface area contributed by atoms with Crippen molar-refractivity contribution in [3.8, 4) is 0 Å². The zero-order valence-corrected chi connectivity index (χ0v) is 3.56. The minimum atomic E-state index is 0. The first-order valence-corrected chi connectivity index (χ1v) is 0. The van der Waals surface area contributed by atoms with Crippen molar-refractivity contribution in [2.45, 2.75) is 0 Å². The van der Waals surface area contributed by atoms with Gasteiger partial charge >= 0.3 is 17.1 Å². The molecule has 5 heavy (non-hydrogen) atoms. The molecular formula is H8MnO4+2. The molecule has 0 aliphatic rings. The van der Waals surface area contributed by atoms with E-state index in [1.807, 2.05) is 0 Å². The number of hydrogen-bond donors (Lipinski definition) is 0. The number of hydrogen-bond acceptors (Lipinski definition) is 0. The Morgan fingerprint density at radius 2 is 0.400 bits per heavy atom. The molecule has 4 nitrogen and oxygen atoms in total. The summed E-state index contributed by atoms with van der Waals surface area (Å²) < 4.78 is 0. The van der Waals surface area contributed by atoms with Gasteiger partial charge < -0.3 is 21.9 Å². The van der Waals surface area contributed by atoms with Gasteiger partial charge in [0, 0.05) is 0 Å². The fraction of sp³-hybridized carbons (Fsp3) is 0. The summed E-state index contributed by atoms with van der Waals surface area (Å²) in [5.41, 5.74) is 0. The van der Waals surface area contributed by atoms with E-state index >= 15 is 0 Å². The third-order valence-electron chi connectivity index (χ3n) is 0. The Morgan fingerprint density at radius 1 is 0.400 bits per heavy atom. The molecule has 0 aliphatic carbocycles. The molecule has 8 N–H and O–H groups in total. The van der Waals surface area contributed by atoms with Crippen LogP contribution in [0.4, 0.5) is 0 Å². The first-order chi connectivity index (χ1) is 0. The molecular weight excluding hydrogens is 119 g/mol. The van der Waals surface area contributed by atoms with E-state index in [2.05, 4.69) is 0 Å². The Balaban J connectivity index is 0. The van der Waals surface area contributed by atoms with Crippen LogP contribution in [0.25, 0.3) is 0 Å². The summed E-state index contributed by atoms with van der Waals surface area (Å²) >= 11 is 0. The fourth-order valence-corrected chi connectivity index (χ4v) is 0. The first kappa shape index (κ1) is 788. The van der Waals surface area contributed by atoms with E-state index in [4.69, 9.17) is 0 Å². The zero-order chi connectivity index (χ0) is 0. The molecule has 0 atom stereocenters. The predicted molar refractivity (Wildman–Crippen MR) is 14.5 cm³/mol. The fourth-order valence-electron chi connectivity index (χ4n) is 0. The molecule has 0 aromatic heterocycles. The van der Waals surface area contributed by atoms with Crippen LogP contribution in [0.5, 0.6) is 0 Å². The van der Waals surface area contributed by atoms with Crippen molar-refractivity contribution < 1.29 is 39.0 Å². The van der Waals surface area contributed by atoms with Crippen LogP contribution in [-0.2, 0) is 17.1 Å². The quantitative estimate of drug-likeness (QED) is 0.302. The van der Waals surface area contributed by atoms with E-state index in [1.165, 1.54) is 0 Å².